The number of anilines is 1. The summed E-state index contributed by atoms with van der Waals surface area (Å²) >= 11 is 1.82. The molecule has 2 heterocycles. The van der Waals surface area contributed by atoms with Crippen molar-refractivity contribution in [3.05, 3.63) is 54.1 Å². The van der Waals surface area contributed by atoms with Gasteiger partial charge in [0, 0.05) is 23.6 Å². The molecule has 2 aromatic rings. The zero-order valence-corrected chi connectivity index (χ0v) is 15.5. The molecule has 5 heteroatoms. The average Bonchev–Trinajstić information content (AvgIpc) is 3.12. The number of carbonyl (C=O) groups is 1. The van der Waals surface area contributed by atoms with Gasteiger partial charge < -0.3 is 14.4 Å². The summed E-state index contributed by atoms with van der Waals surface area (Å²) in [6.45, 7) is 2.15. The molecule has 26 heavy (non-hydrogen) atoms. The monoisotopic (exact) mass is 369 g/mol. The predicted octanol–water partition coefficient (Wildman–Crippen LogP) is 4.39. The number of nitrogens with zero attached hydrogens (tertiary/aromatic N) is 1. The molecule has 0 bridgehead atoms. The minimum absolute atomic E-state index is 0.0469. The highest BCUT2D eigenvalue weighted by molar-refractivity contribution is 7.99. The maximum atomic E-state index is 13.0. The summed E-state index contributed by atoms with van der Waals surface area (Å²) in [5, 5.41) is 0. The Hall–Kier alpha value is -1.98. The number of hydrogen-bond acceptors (Lipinski definition) is 4. The van der Waals surface area contributed by atoms with Crippen molar-refractivity contribution in [3.63, 3.8) is 0 Å². The summed E-state index contributed by atoms with van der Waals surface area (Å²) in [7, 11) is 0. The van der Waals surface area contributed by atoms with E-state index in [4.69, 9.17) is 9.47 Å². The predicted molar refractivity (Wildman–Crippen MR) is 104 cm³/mol. The van der Waals surface area contributed by atoms with E-state index >= 15 is 0 Å². The van der Waals surface area contributed by atoms with Crippen LogP contribution in [0.15, 0.2) is 53.4 Å². The zero-order chi connectivity index (χ0) is 17.8. The summed E-state index contributed by atoms with van der Waals surface area (Å²) in [6.07, 6.45) is 3.36. The Morgan fingerprint density at radius 1 is 1.15 bits per heavy atom. The SMILES string of the molecule is O=C(c1ccc(OCC2CCCO2)cc1)N1CCCSc2ccccc21. The lowest BCUT2D eigenvalue weighted by atomic mass is 10.1. The third-order valence-electron chi connectivity index (χ3n) is 4.75. The summed E-state index contributed by atoms with van der Waals surface area (Å²) in [5.74, 6) is 1.87. The van der Waals surface area contributed by atoms with Crippen LogP contribution in [0, 0.1) is 0 Å². The van der Waals surface area contributed by atoms with E-state index in [1.165, 1.54) is 4.90 Å². The van der Waals surface area contributed by atoms with Crippen molar-refractivity contribution < 1.29 is 14.3 Å². The lowest BCUT2D eigenvalue weighted by Gasteiger charge is -2.22. The fraction of sp³-hybridized carbons (Fsp3) is 0.381. The van der Waals surface area contributed by atoms with Gasteiger partial charge in [0.05, 0.1) is 11.8 Å². The van der Waals surface area contributed by atoms with Gasteiger partial charge in [-0.1, -0.05) is 12.1 Å². The first-order valence-corrected chi connectivity index (χ1v) is 10.2. The van der Waals surface area contributed by atoms with Crippen LogP contribution >= 0.6 is 11.8 Å². The van der Waals surface area contributed by atoms with Crippen LogP contribution in [0.3, 0.4) is 0 Å². The van der Waals surface area contributed by atoms with E-state index in [0.717, 1.165) is 49.6 Å². The molecule has 0 saturated carbocycles. The molecule has 1 saturated heterocycles. The average molecular weight is 369 g/mol. The van der Waals surface area contributed by atoms with Gasteiger partial charge in [-0.3, -0.25) is 4.79 Å². The molecular weight excluding hydrogens is 346 g/mol. The van der Waals surface area contributed by atoms with Gasteiger partial charge in [-0.2, -0.15) is 0 Å². The van der Waals surface area contributed by atoms with Crippen molar-refractivity contribution in [2.45, 2.75) is 30.3 Å². The normalized spacial score (nSPS) is 19.7. The number of para-hydroxylation sites is 1. The molecule has 1 atom stereocenters. The highest BCUT2D eigenvalue weighted by atomic mass is 32.2. The fourth-order valence-electron chi connectivity index (χ4n) is 3.35. The molecule has 0 radical (unpaired) electrons. The maximum Gasteiger partial charge on any atom is 0.258 e. The number of thioether (sulfide) groups is 1. The Morgan fingerprint density at radius 2 is 2.00 bits per heavy atom. The van der Waals surface area contributed by atoms with Crippen molar-refractivity contribution in [2.75, 3.05) is 30.4 Å². The number of fused-ring (bicyclic) bond motifs is 1. The van der Waals surface area contributed by atoms with Crippen LogP contribution in [-0.4, -0.2) is 37.5 Å². The Bertz CT molecular complexity index is 756. The summed E-state index contributed by atoms with van der Waals surface area (Å²) in [5.41, 5.74) is 1.70. The highest BCUT2D eigenvalue weighted by Crippen LogP contribution is 2.34. The highest BCUT2D eigenvalue weighted by Gasteiger charge is 2.22. The Kier molecular flexibility index (Phi) is 5.46. The molecule has 136 valence electrons. The number of amides is 1. The largest absolute Gasteiger partial charge is 0.491 e. The molecule has 1 amide bonds. The van der Waals surface area contributed by atoms with Crippen molar-refractivity contribution in [1.29, 1.82) is 0 Å². The molecule has 1 unspecified atom stereocenters. The quantitative estimate of drug-likeness (QED) is 0.801. The van der Waals surface area contributed by atoms with E-state index in [-0.39, 0.29) is 12.0 Å². The van der Waals surface area contributed by atoms with E-state index in [1.807, 2.05) is 59.1 Å². The standard InChI is InChI=1S/C21H23NO3S/c23-21(22-12-4-14-26-20-7-2-1-6-19(20)22)16-8-10-17(11-9-16)25-15-18-5-3-13-24-18/h1-2,6-11,18H,3-5,12-15H2. The van der Waals surface area contributed by atoms with E-state index in [9.17, 15) is 4.79 Å². The van der Waals surface area contributed by atoms with E-state index in [0.29, 0.717) is 12.2 Å². The fourth-order valence-corrected chi connectivity index (χ4v) is 4.35. The first-order chi connectivity index (χ1) is 12.8. The van der Waals surface area contributed by atoms with Crippen LogP contribution in [0.25, 0.3) is 0 Å². The minimum Gasteiger partial charge on any atom is -0.491 e. The second kappa shape index (κ2) is 8.14. The van der Waals surface area contributed by atoms with Crippen molar-refractivity contribution in [1.82, 2.24) is 0 Å². The molecule has 2 aromatic carbocycles. The Labute approximate surface area is 158 Å². The van der Waals surface area contributed by atoms with Gasteiger partial charge >= 0.3 is 0 Å². The number of hydrogen-bond donors (Lipinski definition) is 0. The number of rotatable bonds is 4. The Balaban J connectivity index is 1.46. The van der Waals surface area contributed by atoms with E-state index in [1.54, 1.807) is 0 Å². The number of carbonyl (C=O) groups excluding carboxylic acids is 1. The number of ether oxygens (including phenoxy) is 2. The molecule has 0 aliphatic carbocycles. The molecule has 0 N–H and O–H groups in total. The van der Waals surface area contributed by atoms with Crippen molar-refractivity contribution >= 4 is 23.4 Å². The van der Waals surface area contributed by atoms with E-state index in [2.05, 4.69) is 6.07 Å². The first kappa shape index (κ1) is 17.4. The van der Waals surface area contributed by atoms with Gasteiger partial charge in [0.2, 0.25) is 0 Å². The van der Waals surface area contributed by atoms with Crippen LogP contribution in [0.4, 0.5) is 5.69 Å². The first-order valence-electron chi connectivity index (χ1n) is 9.19. The summed E-state index contributed by atoms with van der Waals surface area (Å²) < 4.78 is 11.4. The van der Waals surface area contributed by atoms with Gasteiger partial charge in [-0.25, -0.2) is 0 Å². The molecule has 4 rings (SSSR count). The van der Waals surface area contributed by atoms with Crippen LogP contribution < -0.4 is 9.64 Å². The van der Waals surface area contributed by atoms with Crippen LogP contribution in [0.1, 0.15) is 29.6 Å². The molecular formula is C21H23NO3S. The van der Waals surface area contributed by atoms with Crippen LogP contribution in [0.2, 0.25) is 0 Å². The Morgan fingerprint density at radius 3 is 2.81 bits per heavy atom. The van der Waals surface area contributed by atoms with Crippen molar-refractivity contribution in [2.24, 2.45) is 0 Å². The van der Waals surface area contributed by atoms with Gasteiger partial charge in [0.15, 0.2) is 0 Å². The van der Waals surface area contributed by atoms with Crippen LogP contribution in [0.5, 0.6) is 5.75 Å². The second-order valence-corrected chi connectivity index (χ2v) is 7.73. The topological polar surface area (TPSA) is 38.8 Å². The molecule has 2 aliphatic rings. The summed E-state index contributed by atoms with van der Waals surface area (Å²) in [4.78, 5) is 16.1. The van der Waals surface area contributed by atoms with E-state index < -0.39 is 0 Å². The lowest BCUT2D eigenvalue weighted by molar-refractivity contribution is 0.0679. The number of benzene rings is 2. The third-order valence-corrected chi connectivity index (χ3v) is 5.90. The molecule has 0 spiro atoms. The minimum atomic E-state index is 0.0469. The van der Waals surface area contributed by atoms with Gasteiger partial charge in [0.1, 0.15) is 12.4 Å². The van der Waals surface area contributed by atoms with Gasteiger partial charge in [0.25, 0.3) is 5.91 Å². The maximum absolute atomic E-state index is 13.0. The smallest absolute Gasteiger partial charge is 0.258 e. The molecule has 1 fully saturated rings. The molecule has 2 aliphatic heterocycles. The van der Waals surface area contributed by atoms with Crippen LogP contribution in [-0.2, 0) is 4.74 Å². The molecule has 4 nitrogen and oxygen atoms in total. The lowest BCUT2D eigenvalue weighted by Crippen LogP contribution is -2.31. The molecule has 0 aromatic heterocycles. The second-order valence-electron chi connectivity index (χ2n) is 6.60. The van der Waals surface area contributed by atoms with Gasteiger partial charge in [-0.05, 0) is 61.4 Å². The van der Waals surface area contributed by atoms with Gasteiger partial charge in [-0.15, -0.1) is 11.8 Å². The zero-order valence-electron chi connectivity index (χ0n) is 14.7. The van der Waals surface area contributed by atoms with Crippen molar-refractivity contribution in [3.8, 4) is 5.75 Å². The summed E-state index contributed by atoms with van der Waals surface area (Å²) in [6, 6.07) is 15.6. The third kappa shape index (κ3) is 3.89.